The Morgan fingerprint density at radius 1 is 1.60 bits per heavy atom. The van der Waals surface area contributed by atoms with Crippen molar-refractivity contribution in [2.45, 2.75) is 6.42 Å². The average Bonchev–Trinajstić information content (AvgIpc) is 2.79. The van der Waals surface area contributed by atoms with Crippen LogP contribution in [0.5, 0.6) is 5.88 Å². The van der Waals surface area contributed by atoms with Crippen LogP contribution in [0.3, 0.4) is 0 Å². The summed E-state index contributed by atoms with van der Waals surface area (Å²) < 4.78 is 5.07. The summed E-state index contributed by atoms with van der Waals surface area (Å²) in [5.74, 6) is 4.95. The number of rotatable bonds is 4. The summed E-state index contributed by atoms with van der Waals surface area (Å²) in [4.78, 5) is 4.31. The maximum atomic E-state index is 5.07. The Hall–Kier alpha value is -0.900. The van der Waals surface area contributed by atoms with Crippen molar-refractivity contribution in [1.82, 2.24) is 4.98 Å². The lowest BCUT2D eigenvalue weighted by Gasteiger charge is -2.10. The van der Waals surface area contributed by atoms with E-state index >= 15 is 0 Å². The number of pyridine rings is 1. The van der Waals surface area contributed by atoms with Crippen LogP contribution in [0, 0.1) is 5.92 Å². The summed E-state index contributed by atoms with van der Waals surface area (Å²) in [6, 6.07) is 5.79. The highest BCUT2D eigenvalue weighted by molar-refractivity contribution is 7.99. The van der Waals surface area contributed by atoms with Crippen molar-refractivity contribution < 1.29 is 4.74 Å². The highest BCUT2D eigenvalue weighted by Crippen LogP contribution is 2.23. The molecule has 0 bridgehead atoms. The number of nitrogens with zero attached hydrogens (tertiary/aromatic N) is 1. The molecule has 0 aromatic carbocycles. The van der Waals surface area contributed by atoms with E-state index in [1.54, 1.807) is 7.11 Å². The molecule has 0 radical (unpaired) electrons. The van der Waals surface area contributed by atoms with Crippen LogP contribution in [0.25, 0.3) is 0 Å². The minimum Gasteiger partial charge on any atom is -0.481 e. The van der Waals surface area contributed by atoms with Crippen LogP contribution in [0.1, 0.15) is 6.42 Å². The molecule has 82 valence electrons. The van der Waals surface area contributed by atoms with E-state index in [2.05, 4.69) is 10.3 Å². The molecule has 15 heavy (non-hydrogen) atoms. The van der Waals surface area contributed by atoms with Crippen molar-refractivity contribution in [3.63, 3.8) is 0 Å². The van der Waals surface area contributed by atoms with E-state index in [1.807, 2.05) is 30.0 Å². The van der Waals surface area contributed by atoms with Gasteiger partial charge in [-0.2, -0.15) is 16.7 Å². The fourth-order valence-corrected chi connectivity index (χ4v) is 2.90. The topological polar surface area (TPSA) is 34.1 Å². The Kier molecular flexibility index (Phi) is 3.72. The van der Waals surface area contributed by atoms with Gasteiger partial charge in [-0.05, 0) is 29.9 Å². The van der Waals surface area contributed by atoms with Crippen molar-refractivity contribution in [2.75, 3.05) is 30.5 Å². The lowest BCUT2D eigenvalue weighted by atomic mass is 10.1. The first-order chi connectivity index (χ1) is 7.38. The van der Waals surface area contributed by atoms with Gasteiger partial charge in [-0.3, -0.25) is 0 Å². The van der Waals surface area contributed by atoms with Crippen LogP contribution >= 0.6 is 11.8 Å². The summed E-state index contributed by atoms with van der Waals surface area (Å²) in [6.07, 6.45) is 1.32. The Balaban J connectivity index is 1.86. The molecule has 2 rings (SSSR count). The number of thioether (sulfide) groups is 1. The van der Waals surface area contributed by atoms with E-state index in [0.29, 0.717) is 5.88 Å². The van der Waals surface area contributed by atoms with E-state index in [0.717, 1.165) is 18.3 Å². The third kappa shape index (κ3) is 3.02. The maximum absolute atomic E-state index is 5.07. The number of hydrogen-bond donors (Lipinski definition) is 1. The Morgan fingerprint density at radius 2 is 2.53 bits per heavy atom. The van der Waals surface area contributed by atoms with Gasteiger partial charge < -0.3 is 10.1 Å². The molecule has 0 saturated carbocycles. The minimum atomic E-state index is 0.667. The first kappa shape index (κ1) is 10.6. The largest absolute Gasteiger partial charge is 0.481 e. The number of anilines is 1. The van der Waals surface area contributed by atoms with E-state index in [1.165, 1.54) is 17.9 Å². The molecule has 2 heterocycles. The molecule has 4 heteroatoms. The molecule has 1 unspecified atom stereocenters. The van der Waals surface area contributed by atoms with Gasteiger partial charge in [0.25, 0.3) is 0 Å². The molecule has 1 saturated heterocycles. The molecule has 1 aromatic heterocycles. The van der Waals surface area contributed by atoms with E-state index in [4.69, 9.17) is 4.74 Å². The predicted octanol–water partition coefficient (Wildman–Crippen LogP) is 2.26. The van der Waals surface area contributed by atoms with Crippen LogP contribution in [0.4, 0.5) is 5.82 Å². The SMILES string of the molecule is COc1cccc(NCC2CCSC2)n1. The molecule has 0 spiro atoms. The van der Waals surface area contributed by atoms with Crippen molar-refractivity contribution in [1.29, 1.82) is 0 Å². The van der Waals surface area contributed by atoms with Crippen molar-refractivity contribution >= 4 is 17.6 Å². The summed E-state index contributed by atoms with van der Waals surface area (Å²) in [5, 5.41) is 3.36. The molecule has 0 aliphatic carbocycles. The highest BCUT2D eigenvalue weighted by atomic mass is 32.2. The molecule has 1 aliphatic rings. The maximum Gasteiger partial charge on any atom is 0.214 e. The van der Waals surface area contributed by atoms with Gasteiger partial charge in [0.2, 0.25) is 5.88 Å². The van der Waals surface area contributed by atoms with Gasteiger partial charge in [0.1, 0.15) is 5.82 Å². The van der Waals surface area contributed by atoms with E-state index < -0.39 is 0 Å². The molecular formula is C11H16N2OS. The zero-order valence-electron chi connectivity index (χ0n) is 8.90. The number of hydrogen-bond acceptors (Lipinski definition) is 4. The number of methoxy groups -OCH3 is 1. The Labute approximate surface area is 94.6 Å². The summed E-state index contributed by atoms with van der Waals surface area (Å²) in [6.45, 7) is 1.02. The van der Waals surface area contributed by atoms with Gasteiger partial charge >= 0.3 is 0 Å². The van der Waals surface area contributed by atoms with Gasteiger partial charge in [0.15, 0.2) is 0 Å². The minimum absolute atomic E-state index is 0.667. The quantitative estimate of drug-likeness (QED) is 0.850. The van der Waals surface area contributed by atoms with Crippen LogP contribution in [0.2, 0.25) is 0 Å². The molecule has 1 atom stereocenters. The van der Waals surface area contributed by atoms with Gasteiger partial charge in [0, 0.05) is 12.6 Å². The molecule has 1 N–H and O–H groups in total. The second kappa shape index (κ2) is 5.26. The van der Waals surface area contributed by atoms with Crippen molar-refractivity contribution in [2.24, 2.45) is 5.92 Å². The molecular weight excluding hydrogens is 208 g/mol. The second-order valence-electron chi connectivity index (χ2n) is 3.68. The number of aromatic nitrogens is 1. The zero-order chi connectivity index (χ0) is 10.5. The lowest BCUT2D eigenvalue weighted by molar-refractivity contribution is 0.398. The summed E-state index contributed by atoms with van der Waals surface area (Å²) in [7, 11) is 1.64. The third-order valence-corrected chi connectivity index (χ3v) is 3.76. The molecule has 1 fully saturated rings. The van der Waals surface area contributed by atoms with Gasteiger partial charge in [-0.25, -0.2) is 0 Å². The van der Waals surface area contributed by atoms with E-state index in [-0.39, 0.29) is 0 Å². The zero-order valence-corrected chi connectivity index (χ0v) is 9.72. The van der Waals surface area contributed by atoms with Crippen molar-refractivity contribution in [3.05, 3.63) is 18.2 Å². The first-order valence-corrected chi connectivity index (χ1v) is 6.36. The smallest absolute Gasteiger partial charge is 0.214 e. The first-order valence-electron chi connectivity index (χ1n) is 5.21. The van der Waals surface area contributed by atoms with E-state index in [9.17, 15) is 0 Å². The average molecular weight is 224 g/mol. The van der Waals surface area contributed by atoms with Crippen LogP contribution in [-0.2, 0) is 0 Å². The lowest BCUT2D eigenvalue weighted by Crippen LogP contribution is -2.14. The normalized spacial score (nSPS) is 20.2. The molecule has 0 amide bonds. The fourth-order valence-electron chi connectivity index (χ4n) is 1.62. The van der Waals surface area contributed by atoms with Crippen molar-refractivity contribution in [3.8, 4) is 5.88 Å². The summed E-state index contributed by atoms with van der Waals surface area (Å²) in [5.41, 5.74) is 0. The molecule has 3 nitrogen and oxygen atoms in total. The Bertz CT molecular complexity index is 313. The monoisotopic (exact) mass is 224 g/mol. The van der Waals surface area contributed by atoms with Crippen LogP contribution in [0.15, 0.2) is 18.2 Å². The van der Waals surface area contributed by atoms with Crippen LogP contribution < -0.4 is 10.1 Å². The molecule has 1 aromatic rings. The van der Waals surface area contributed by atoms with Gasteiger partial charge in [-0.15, -0.1) is 0 Å². The summed E-state index contributed by atoms with van der Waals surface area (Å²) >= 11 is 2.04. The standard InChI is InChI=1S/C11H16N2OS/c1-14-11-4-2-3-10(13-11)12-7-9-5-6-15-8-9/h2-4,9H,5-8H2,1H3,(H,12,13). The van der Waals surface area contributed by atoms with Crippen LogP contribution in [-0.4, -0.2) is 30.1 Å². The number of nitrogens with one attached hydrogen (secondary N) is 1. The highest BCUT2D eigenvalue weighted by Gasteiger charge is 2.14. The predicted molar refractivity (Wildman–Crippen MR) is 64.7 cm³/mol. The third-order valence-electron chi connectivity index (χ3n) is 2.53. The Morgan fingerprint density at radius 3 is 3.27 bits per heavy atom. The molecule has 1 aliphatic heterocycles. The van der Waals surface area contributed by atoms with Gasteiger partial charge in [-0.1, -0.05) is 6.07 Å². The fraction of sp³-hybridized carbons (Fsp3) is 0.545. The second-order valence-corrected chi connectivity index (χ2v) is 4.83. The van der Waals surface area contributed by atoms with Gasteiger partial charge in [0.05, 0.1) is 7.11 Å². The number of ether oxygens (including phenoxy) is 1.